The number of azide groups is 1. The van der Waals surface area contributed by atoms with Crippen LogP contribution >= 0.6 is 31.9 Å². The molecule has 0 N–H and O–H groups in total. The molecule has 9 aromatic rings. The quantitative estimate of drug-likeness (QED) is 0.0167. The first-order valence-electron chi connectivity index (χ1n) is 29.9. The first kappa shape index (κ1) is 62.2. The van der Waals surface area contributed by atoms with Gasteiger partial charge in [-0.3, -0.25) is 42.8 Å². The van der Waals surface area contributed by atoms with E-state index in [2.05, 4.69) is 98.2 Å². The van der Waals surface area contributed by atoms with Crippen molar-refractivity contribution < 1.29 is 38.2 Å². The number of terminal acetylenes is 1. The van der Waals surface area contributed by atoms with E-state index in [4.69, 9.17) is 21.4 Å². The molecule has 0 unspecified atom stereocenters. The summed E-state index contributed by atoms with van der Waals surface area (Å²) in [6.45, 7) is 5.98. The molecule has 93 heavy (non-hydrogen) atoms. The van der Waals surface area contributed by atoms with Gasteiger partial charge in [0, 0.05) is 94.9 Å². The second-order valence-electron chi connectivity index (χ2n) is 24.2. The summed E-state index contributed by atoms with van der Waals surface area (Å²) in [5.41, 5.74) is 16.6. The predicted octanol–water partition coefficient (Wildman–Crippen LogP) is 8.14. The van der Waals surface area contributed by atoms with E-state index >= 15 is 0 Å². The molecule has 10 heterocycles. The number of halogens is 2. The Bertz CT molecular complexity index is 4620. The van der Waals surface area contributed by atoms with Gasteiger partial charge in [-0.15, -0.1) is 11.5 Å². The van der Waals surface area contributed by atoms with Crippen molar-refractivity contribution in [2.45, 2.75) is 123 Å². The topological polar surface area (TPSA) is 320 Å². The van der Waals surface area contributed by atoms with Crippen LogP contribution in [0, 0.1) is 30.1 Å². The summed E-state index contributed by atoms with van der Waals surface area (Å²) in [5.74, 6) is 1.81. The largest absolute Gasteiger partial charge is 0.370 e. The lowest BCUT2D eigenvalue weighted by molar-refractivity contribution is -0.139. The molecular weight excluding hydrogens is 1320 g/mol. The number of aryl methyl sites for hydroxylation is 1. The number of nitrogens with zero attached hydrogens (tertiary/aromatic N) is 18. The minimum atomic E-state index is -0.752. The normalized spacial score (nSPS) is 20.9. The summed E-state index contributed by atoms with van der Waals surface area (Å²) >= 11 is 6.82. The molecule has 1 spiro atoms. The van der Waals surface area contributed by atoms with Gasteiger partial charge in [-0.1, -0.05) is 40.5 Å². The van der Waals surface area contributed by atoms with Crippen LogP contribution in [0.25, 0.3) is 54.5 Å². The zero-order valence-corrected chi connectivity index (χ0v) is 53.8. The number of rotatable bonds is 16. The number of pyridine rings is 2. The van der Waals surface area contributed by atoms with E-state index in [0.717, 1.165) is 39.8 Å². The predicted molar refractivity (Wildman–Crippen MR) is 341 cm³/mol. The number of fused-ring (bicyclic) bond motifs is 7. The third-order valence-electron chi connectivity index (χ3n) is 18.1. The second-order valence-corrected chi connectivity index (χ2v) is 25.8. The van der Waals surface area contributed by atoms with Crippen molar-refractivity contribution in [2.24, 2.45) is 15.9 Å². The third-order valence-corrected chi connectivity index (χ3v) is 19.0. The van der Waals surface area contributed by atoms with Crippen molar-refractivity contribution in [3.05, 3.63) is 163 Å². The molecular formula is C65H58Br2N18O8. The van der Waals surface area contributed by atoms with Gasteiger partial charge in [0.05, 0.1) is 79.9 Å². The molecule has 0 radical (unpaired) electrons. The lowest BCUT2D eigenvalue weighted by atomic mass is 9.94. The van der Waals surface area contributed by atoms with Crippen LogP contribution in [0.2, 0.25) is 0 Å². The van der Waals surface area contributed by atoms with E-state index in [0.29, 0.717) is 79.7 Å². The van der Waals surface area contributed by atoms with Gasteiger partial charge in [0.1, 0.15) is 58.1 Å². The van der Waals surface area contributed by atoms with Crippen LogP contribution in [0.1, 0.15) is 94.5 Å². The molecule has 7 aromatic heterocycles. The number of Topliss-reactive ketones (excluding diaryl/α,β-unsaturated/α-hetero) is 4. The van der Waals surface area contributed by atoms with Gasteiger partial charge in [0.2, 0.25) is 11.8 Å². The fraction of sp³-hybridized carbons (Fsp3) is 0.354. The third kappa shape index (κ3) is 12.5. The Kier molecular flexibility index (Phi) is 17.0. The monoisotopic (exact) mass is 1380 g/mol. The molecule has 6 atom stereocenters. The molecule has 2 saturated heterocycles. The van der Waals surface area contributed by atoms with E-state index in [-0.39, 0.29) is 123 Å². The number of amides is 2. The van der Waals surface area contributed by atoms with E-state index in [1.54, 1.807) is 56.9 Å². The minimum absolute atomic E-state index is 0.0301. The number of aromatic nitrogens is 13. The van der Waals surface area contributed by atoms with E-state index < -0.39 is 17.5 Å². The highest BCUT2D eigenvalue weighted by atomic mass is 79.9. The number of hydrogen-bond donors (Lipinski definition) is 0. The average Bonchev–Trinajstić information content (AvgIpc) is 1.54. The van der Waals surface area contributed by atoms with Crippen molar-refractivity contribution in [1.82, 2.24) is 74.3 Å². The average molecular weight is 1380 g/mol. The SMILES string of the molecule is C#CCOCc1ccc(Br)nc1CC(=O)[C@@H]1C[C@@]2(CN=[N+]=[N-])C[C@H]2N1C(=O)Cn1nc(C(C)=O)c2cc(-c3cnc(C)nc3)ccc21.CC(=O)c1nn(CC(=O)N2[C@H]3C[C@]4(C[C@@H]24)Cn2cc(nn2)COCc2ccc(Br)nc2CC3=O)c2ccc(-c3cncnc3)cc12. The number of carbonyl (C=O) groups is 6. The van der Waals surface area contributed by atoms with E-state index in [1.165, 1.54) is 24.9 Å². The number of piperidine rings is 2. The summed E-state index contributed by atoms with van der Waals surface area (Å²) in [6.07, 6.45) is 17.8. The zero-order valence-electron chi connectivity index (χ0n) is 50.6. The molecule has 28 heteroatoms. The lowest BCUT2D eigenvalue weighted by Crippen LogP contribution is -2.45. The number of likely N-dealkylation sites (tertiary alicyclic amines) is 2. The van der Waals surface area contributed by atoms with Crippen LogP contribution in [-0.2, 0) is 80.9 Å². The summed E-state index contributed by atoms with van der Waals surface area (Å²) in [5, 5.41) is 22.8. The fourth-order valence-corrected chi connectivity index (χ4v) is 14.2. The summed E-state index contributed by atoms with van der Waals surface area (Å²) in [4.78, 5) is 114. The summed E-state index contributed by atoms with van der Waals surface area (Å²) < 4.78 is 17.5. The summed E-state index contributed by atoms with van der Waals surface area (Å²) in [6, 6.07) is 16.7. The van der Waals surface area contributed by atoms with Crippen molar-refractivity contribution in [3.8, 4) is 34.6 Å². The van der Waals surface area contributed by atoms with Crippen molar-refractivity contribution in [1.29, 1.82) is 0 Å². The van der Waals surface area contributed by atoms with Crippen LogP contribution in [-0.4, -0.2) is 147 Å². The molecule has 2 amide bonds. The first-order chi connectivity index (χ1) is 44.9. The number of benzene rings is 2. The number of carbonyl (C=O) groups excluding carboxylic acids is 6. The minimum Gasteiger partial charge on any atom is -0.370 e. The smallest absolute Gasteiger partial charge is 0.245 e. The van der Waals surface area contributed by atoms with E-state index in [1.807, 2.05) is 60.8 Å². The molecule has 14 rings (SSSR count). The Morgan fingerprint density at radius 1 is 0.796 bits per heavy atom. The molecule has 26 nitrogen and oxygen atoms in total. The Balaban J connectivity index is 0.000000169. The zero-order chi connectivity index (χ0) is 64.9. The highest BCUT2D eigenvalue weighted by molar-refractivity contribution is 9.10. The first-order valence-corrected chi connectivity index (χ1v) is 31.5. The summed E-state index contributed by atoms with van der Waals surface area (Å²) in [7, 11) is 0. The molecule has 5 aliphatic rings. The number of hydrogen-bond acceptors (Lipinski definition) is 19. The number of ketones is 4. The second kappa shape index (κ2) is 25.4. The highest BCUT2D eigenvalue weighted by Gasteiger charge is 2.68. The standard InChI is InChI=1S/C33H30BrN9O4.C32H28BrN9O4/c1-4-9-47-17-22-6-8-30(34)39-25(22)11-28(45)27-12-33(18-38-41-35)13-29(33)43(27)31(46)16-42-26-7-5-21(23-14-36-20(3)37-15-23)10-24(26)32(40-42)19(2)44;1-18(43)31-23-6-19(21-10-34-17-35-11-21)2-4-25(23)41(38-31)13-30(45)42-26-8-32(9-28(32)42)16-40-12-22(37-39-40)15-46-14-20-3-5-29(33)36-24(20)7-27(26)44/h1,5-8,10,14-15,27,29H,9,11-13,16-18H2,2-3H3;2-6,10-12,17,26,28H,7-9,13-16H2,1H3/t27-,29+,33-;26-,28+,32-/m00/s1. The van der Waals surface area contributed by atoms with Crippen LogP contribution in [0.4, 0.5) is 0 Å². The van der Waals surface area contributed by atoms with E-state index in [9.17, 15) is 28.8 Å². The van der Waals surface area contributed by atoms with Crippen LogP contribution in [0.5, 0.6) is 0 Å². The van der Waals surface area contributed by atoms with Gasteiger partial charge in [-0.25, -0.2) is 29.9 Å². The molecule has 2 aliphatic carbocycles. The van der Waals surface area contributed by atoms with Crippen LogP contribution in [0.3, 0.4) is 0 Å². The van der Waals surface area contributed by atoms with Gasteiger partial charge < -0.3 is 19.3 Å². The molecule has 4 fully saturated rings. The van der Waals surface area contributed by atoms with Gasteiger partial charge in [-0.05, 0) is 129 Å². The lowest BCUT2D eigenvalue weighted by Gasteiger charge is -2.27. The van der Waals surface area contributed by atoms with Crippen LogP contribution in [0.15, 0.2) is 112 Å². The van der Waals surface area contributed by atoms with Crippen molar-refractivity contribution in [2.75, 3.05) is 13.2 Å². The van der Waals surface area contributed by atoms with Crippen molar-refractivity contribution in [3.63, 3.8) is 0 Å². The Morgan fingerprint density at radius 3 is 2.12 bits per heavy atom. The molecule has 3 aliphatic heterocycles. The van der Waals surface area contributed by atoms with Gasteiger partial charge in [-0.2, -0.15) is 10.2 Å². The van der Waals surface area contributed by atoms with Gasteiger partial charge >= 0.3 is 0 Å². The van der Waals surface area contributed by atoms with Crippen LogP contribution < -0.4 is 0 Å². The molecule has 4 bridgehead atoms. The van der Waals surface area contributed by atoms with Crippen molar-refractivity contribution >= 4 is 88.6 Å². The molecule has 470 valence electrons. The maximum atomic E-state index is 14.2. The van der Waals surface area contributed by atoms with Gasteiger partial charge in [0.15, 0.2) is 23.1 Å². The highest BCUT2D eigenvalue weighted by Crippen LogP contribution is 2.61. The molecule has 2 saturated carbocycles. The Hall–Kier alpha value is -9.65. The number of ether oxygens (including phenoxy) is 2. The molecule has 2 aromatic carbocycles. The maximum Gasteiger partial charge on any atom is 0.245 e. The van der Waals surface area contributed by atoms with Gasteiger partial charge in [0.25, 0.3) is 0 Å². The maximum absolute atomic E-state index is 14.2. The Labute approximate surface area is 547 Å². The Morgan fingerprint density at radius 2 is 1.45 bits per heavy atom. The fourth-order valence-electron chi connectivity index (χ4n) is 13.5.